The fourth-order valence-electron chi connectivity index (χ4n) is 1.72. The first kappa shape index (κ1) is 16.7. The van der Waals surface area contributed by atoms with Gasteiger partial charge in [0.05, 0.1) is 18.6 Å². The third kappa shape index (κ3) is 4.63. The normalized spacial score (nSPS) is 16.9. The lowest BCUT2D eigenvalue weighted by molar-refractivity contribution is -0.125. The van der Waals surface area contributed by atoms with Gasteiger partial charge in [-0.3, -0.25) is 4.79 Å². The van der Waals surface area contributed by atoms with Crippen LogP contribution in [0.3, 0.4) is 0 Å². The molecule has 0 heterocycles. The molecule has 5 heteroatoms. The zero-order valence-corrected chi connectivity index (χ0v) is 12.4. The Morgan fingerprint density at radius 3 is 2.55 bits per heavy atom. The fourth-order valence-corrected chi connectivity index (χ4v) is 2.06. The summed E-state index contributed by atoms with van der Waals surface area (Å²) in [5.74, 6) is -0.373. The lowest BCUT2D eigenvalue weighted by Crippen LogP contribution is -2.41. The highest BCUT2D eigenvalue weighted by Crippen LogP contribution is 2.27. The monoisotopic (exact) mass is 297 g/mol. The maximum absolute atomic E-state index is 11.7. The summed E-state index contributed by atoms with van der Waals surface area (Å²) in [6.45, 7) is 6.52. The molecule has 1 aromatic rings. The second kappa shape index (κ2) is 6.39. The Morgan fingerprint density at radius 1 is 1.40 bits per heavy atom. The Morgan fingerprint density at radius 2 is 2.00 bits per heavy atom. The van der Waals surface area contributed by atoms with E-state index >= 15 is 0 Å². The van der Waals surface area contributed by atoms with Gasteiger partial charge in [0, 0.05) is 10.6 Å². The molecule has 0 radical (unpaired) electrons. The van der Waals surface area contributed by atoms with E-state index in [1.54, 1.807) is 31.2 Å². The molecule has 3 N–H and O–H groups in total. The number of halogens is 1. The predicted molar refractivity (Wildman–Crippen MR) is 79.5 cm³/mol. The molecule has 1 rings (SSSR count). The van der Waals surface area contributed by atoms with E-state index in [0.29, 0.717) is 10.6 Å². The molecule has 4 nitrogen and oxygen atoms in total. The first-order chi connectivity index (χ1) is 9.18. The summed E-state index contributed by atoms with van der Waals surface area (Å²) < 4.78 is 0. The lowest BCUT2D eigenvalue weighted by Gasteiger charge is -2.26. The fraction of sp³-hybridized carbons (Fsp3) is 0.400. The maximum Gasteiger partial charge on any atom is 0.223 e. The van der Waals surface area contributed by atoms with E-state index in [4.69, 9.17) is 11.6 Å². The molecule has 0 saturated carbocycles. The molecule has 2 atom stereocenters. The van der Waals surface area contributed by atoms with Gasteiger partial charge in [-0.2, -0.15) is 0 Å². The molecule has 110 valence electrons. The van der Waals surface area contributed by atoms with Gasteiger partial charge in [0.15, 0.2) is 0 Å². The summed E-state index contributed by atoms with van der Waals surface area (Å²) >= 11 is 6.03. The van der Waals surface area contributed by atoms with E-state index in [9.17, 15) is 15.0 Å². The number of aliphatic hydroxyl groups is 2. The molecule has 0 aliphatic carbocycles. The smallest absolute Gasteiger partial charge is 0.223 e. The van der Waals surface area contributed by atoms with Gasteiger partial charge in [-0.1, -0.05) is 35.9 Å². The number of nitrogens with one attached hydrogen (secondary N) is 1. The van der Waals surface area contributed by atoms with Crippen molar-refractivity contribution in [2.24, 2.45) is 0 Å². The summed E-state index contributed by atoms with van der Waals surface area (Å²) in [4.78, 5) is 11.7. The summed E-state index contributed by atoms with van der Waals surface area (Å²) in [6, 6.07) is 6.91. The number of benzene rings is 1. The zero-order chi connectivity index (χ0) is 15.4. The topological polar surface area (TPSA) is 69.6 Å². The van der Waals surface area contributed by atoms with Crippen molar-refractivity contribution in [3.05, 3.63) is 47.5 Å². The van der Waals surface area contributed by atoms with Crippen LogP contribution in [-0.2, 0) is 10.4 Å². The van der Waals surface area contributed by atoms with Crippen molar-refractivity contribution in [3.8, 4) is 0 Å². The molecule has 20 heavy (non-hydrogen) atoms. The van der Waals surface area contributed by atoms with E-state index in [-0.39, 0.29) is 18.9 Å². The highest BCUT2D eigenvalue weighted by atomic mass is 35.5. The van der Waals surface area contributed by atoms with Crippen LogP contribution in [0.25, 0.3) is 0 Å². The lowest BCUT2D eigenvalue weighted by atomic mass is 9.95. The van der Waals surface area contributed by atoms with Crippen molar-refractivity contribution < 1.29 is 15.0 Å². The van der Waals surface area contributed by atoms with E-state index in [1.165, 1.54) is 13.0 Å². The Hall–Kier alpha value is -1.36. The minimum atomic E-state index is -1.28. The van der Waals surface area contributed by atoms with Gasteiger partial charge in [-0.05, 0) is 19.9 Å². The maximum atomic E-state index is 11.7. The van der Waals surface area contributed by atoms with Gasteiger partial charge in [-0.15, -0.1) is 6.58 Å². The van der Waals surface area contributed by atoms with Crippen molar-refractivity contribution in [1.82, 2.24) is 5.32 Å². The van der Waals surface area contributed by atoms with E-state index in [2.05, 4.69) is 11.9 Å². The van der Waals surface area contributed by atoms with Gasteiger partial charge in [0.2, 0.25) is 5.91 Å². The Kier molecular flexibility index (Phi) is 5.34. The van der Waals surface area contributed by atoms with Crippen LogP contribution in [0.15, 0.2) is 36.9 Å². The first-order valence-electron chi connectivity index (χ1n) is 6.28. The van der Waals surface area contributed by atoms with Crippen molar-refractivity contribution in [3.63, 3.8) is 0 Å². The van der Waals surface area contributed by atoms with Crippen LogP contribution in [0.1, 0.15) is 25.8 Å². The van der Waals surface area contributed by atoms with Crippen LogP contribution in [0.5, 0.6) is 0 Å². The van der Waals surface area contributed by atoms with Crippen LogP contribution < -0.4 is 5.32 Å². The van der Waals surface area contributed by atoms with Crippen LogP contribution in [0.4, 0.5) is 0 Å². The Bertz CT molecular complexity index is 498. The molecule has 0 bridgehead atoms. The van der Waals surface area contributed by atoms with E-state index < -0.39 is 11.2 Å². The molecule has 0 fully saturated rings. The largest absolute Gasteiger partial charge is 0.386 e. The molecular weight excluding hydrogens is 278 g/mol. The SMILES string of the molecule is C=C[C@](C)(O)CC(=O)NC[C@](C)(O)c1ccccc1Cl. The molecule has 0 aliphatic rings. The molecule has 0 aliphatic heterocycles. The van der Waals surface area contributed by atoms with Crippen LogP contribution in [-0.4, -0.2) is 28.3 Å². The van der Waals surface area contributed by atoms with Crippen molar-refractivity contribution in [2.45, 2.75) is 31.5 Å². The van der Waals surface area contributed by atoms with Gasteiger partial charge >= 0.3 is 0 Å². The van der Waals surface area contributed by atoms with Crippen LogP contribution >= 0.6 is 11.6 Å². The summed E-state index contributed by atoms with van der Waals surface area (Å²) in [6.07, 6.45) is 1.19. The van der Waals surface area contributed by atoms with Gasteiger partial charge in [0.25, 0.3) is 0 Å². The minimum Gasteiger partial charge on any atom is -0.386 e. The van der Waals surface area contributed by atoms with Gasteiger partial charge in [-0.25, -0.2) is 0 Å². The van der Waals surface area contributed by atoms with Gasteiger partial charge in [0.1, 0.15) is 5.60 Å². The average Bonchev–Trinajstić information content (AvgIpc) is 2.36. The number of carbonyl (C=O) groups excluding carboxylic acids is 1. The third-order valence-electron chi connectivity index (χ3n) is 3.04. The number of hydrogen-bond acceptors (Lipinski definition) is 3. The average molecular weight is 298 g/mol. The zero-order valence-electron chi connectivity index (χ0n) is 11.7. The quantitative estimate of drug-likeness (QED) is 0.703. The standard InChI is InChI=1S/C15H20ClNO3/c1-4-14(2,19)9-13(18)17-10-15(3,20)11-7-5-6-8-12(11)16/h4-8,19-20H,1,9-10H2,2-3H3,(H,17,18)/t14-,15-/m0/s1. The number of amides is 1. The first-order valence-corrected chi connectivity index (χ1v) is 6.66. The second-order valence-corrected chi connectivity index (χ2v) is 5.68. The second-order valence-electron chi connectivity index (χ2n) is 5.27. The highest BCUT2D eigenvalue weighted by molar-refractivity contribution is 6.31. The number of hydrogen-bond donors (Lipinski definition) is 3. The van der Waals surface area contributed by atoms with Crippen molar-refractivity contribution in [2.75, 3.05) is 6.54 Å². The van der Waals surface area contributed by atoms with E-state index in [1.807, 2.05) is 0 Å². The minimum absolute atomic E-state index is 0.00277. The highest BCUT2D eigenvalue weighted by Gasteiger charge is 2.27. The molecular formula is C15H20ClNO3. The third-order valence-corrected chi connectivity index (χ3v) is 3.37. The molecule has 0 unspecified atom stereocenters. The van der Waals surface area contributed by atoms with Crippen molar-refractivity contribution in [1.29, 1.82) is 0 Å². The number of rotatable bonds is 6. The molecule has 1 amide bonds. The summed E-state index contributed by atoms with van der Waals surface area (Å²) in [5, 5.41) is 23.1. The Labute approximate surface area is 124 Å². The molecule has 0 saturated heterocycles. The van der Waals surface area contributed by atoms with Crippen LogP contribution in [0, 0.1) is 0 Å². The van der Waals surface area contributed by atoms with Gasteiger partial charge < -0.3 is 15.5 Å². The molecule has 1 aromatic carbocycles. The predicted octanol–water partition coefficient (Wildman–Crippen LogP) is 1.99. The number of carbonyl (C=O) groups is 1. The van der Waals surface area contributed by atoms with Crippen LogP contribution in [0.2, 0.25) is 5.02 Å². The molecule has 0 spiro atoms. The summed E-state index contributed by atoms with van der Waals surface area (Å²) in [7, 11) is 0. The molecule has 0 aromatic heterocycles. The Balaban J connectivity index is 2.67. The summed E-state index contributed by atoms with van der Waals surface area (Å²) in [5.41, 5.74) is -2.01. The van der Waals surface area contributed by atoms with E-state index in [0.717, 1.165) is 0 Å². The van der Waals surface area contributed by atoms with Crippen molar-refractivity contribution >= 4 is 17.5 Å².